The average molecular weight is 429 g/mol. The van der Waals surface area contributed by atoms with Crippen LogP contribution in [0.1, 0.15) is 110 Å². The summed E-state index contributed by atoms with van der Waals surface area (Å²) in [6, 6.07) is 0. The lowest BCUT2D eigenvalue weighted by molar-refractivity contribution is -0.873. The molecule has 0 bridgehead atoms. The van der Waals surface area contributed by atoms with Gasteiger partial charge in [-0.1, -0.05) is 84.0 Å². The highest BCUT2D eigenvalue weighted by atomic mass is 16.5. The fraction of sp³-hybridized carbons (Fsp3) is 0.920. The maximum absolute atomic E-state index is 12.0. The first kappa shape index (κ1) is 29.1. The summed E-state index contributed by atoms with van der Waals surface area (Å²) in [5.41, 5.74) is 0. The van der Waals surface area contributed by atoms with E-state index in [1.54, 1.807) is 0 Å². The average Bonchev–Trinajstić information content (AvgIpc) is 2.63. The Labute approximate surface area is 186 Å². The van der Waals surface area contributed by atoms with Crippen molar-refractivity contribution in [2.75, 3.05) is 34.3 Å². The number of Topliss-reactive ketones (excluding diaryl/α,β-unsaturated/α-hetero) is 1. The third-order valence-corrected chi connectivity index (χ3v) is 5.45. The first-order valence-electron chi connectivity index (χ1n) is 12.4. The van der Waals surface area contributed by atoms with Gasteiger partial charge in [-0.2, -0.15) is 0 Å². The van der Waals surface area contributed by atoms with E-state index < -0.39 is 5.97 Å². The number of hydrogen-bond acceptors (Lipinski definition) is 3. The second-order valence-electron chi connectivity index (χ2n) is 9.84. The Balaban J connectivity index is 3.57. The maximum atomic E-state index is 12.0. The molecular weight excluding hydrogens is 378 g/mol. The number of ketones is 1. The van der Waals surface area contributed by atoms with E-state index in [1.165, 1.54) is 70.6 Å². The first-order chi connectivity index (χ1) is 14.2. The van der Waals surface area contributed by atoms with Gasteiger partial charge in [-0.05, 0) is 6.42 Å². The Kier molecular flexibility index (Phi) is 18.2. The van der Waals surface area contributed by atoms with Crippen molar-refractivity contribution in [2.24, 2.45) is 0 Å². The van der Waals surface area contributed by atoms with Gasteiger partial charge in [0.1, 0.15) is 18.4 Å². The smallest absolute Gasteiger partial charge is 0.306 e. The molecule has 178 valence electrons. The molecule has 1 N–H and O–H groups in total. The summed E-state index contributed by atoms with van der Waals surface area (Å²) in [7, 11) is 6.04. The van der Waals surface area contributed by atoms with E-state index in [2.05, 4.69) is 6.92 Å². The van der Waals surface area contributed by atoms with Crippen LogP contribution in [0.15, 0.2) is 0 Å². The van der Waals surface area contributed by atoms with E-state index in [1.807, 2.05) is 21.1 Å². The molecule has 0 aromatic carbocycles. The van der Waals surface area contributed by atoms with Crippen molar-refractivity contribution in [1.82, 2.24) is 0 Å². The fourth-order valence-corrected chi connectivity index (χ4v) is 3.79. The van der Waals surface area contributed by atoms with Crippen LogP contribution in [0, 0.1) is 0 Å². The van der Waals surface area contributed by atoms with Crippen molar-refractivity contribution in [1.29, 1.82) is 0 Å². The van der Waals surface area contributed by atoms with E-state index in [0.717, 1.165) is 12.8 Å². The van der Waals surface area contributed by atoms with Gasteiger partial charge in [0.05, 0.1) is 34.2 Å². The third kappa shape index (κ3) is 21.8. The quantitative estimate of drug-likeness (QED) is 0.170. The highest BCUT2D eigenvalue weighted by molar-refractivity contribution is 5.78. The van der Waals surface area contributed by atoms with Crippen molar-refractivity contribution in [3.05, 3.63) is 0 Å². The maximum Gasteiger partial charge on any atom is 0.306 e. The zero-order valence-electron chi connectivity index (χ0n) is 20.4. The summed E-state index contributed by atoms with van der Waals surface area (Å²) >= 11 is 0. The van der Waals surface area contributed by atoms with Gasteiger partial charge in [0.15, 0.2) is 0 Å². The first-order valence-corrected chi connectivity index (χ1v) is 12.4. The van der Waals surface area contributed by atoms with Crippen molar-refractivity contribution < 1.29 is 23.9 Å². The zero-order valence-corrected chi connectivity index (χ0v) is 20.4. The summed E-state index contributed by atoms with van der Waals surface area (Å²) in [5.74, 6) is -0.621. The molecule has 0 fully saturated rings. The molecule has 1 unspecified atom stereocenters. The van der Waals surface area contributed by atoms with Gasteiger partial charge in [-0.3, -0.25) is 9.59 Å². The van der Waals surface area contributed by atoms with E-state index in [4.69, 9.17) is 9.84 Å². The third-order valence-electron chi connectivity index (χ3n) is 5.45. The van der Waals surface area contributed by atoms with Crippen LogP contribution in [0.3, 0.4) is 0 Å². The van der Waals surface area contributed by atoms with Gasteiger partial charge in [-0.25, -0.2) is 0 Å². The zero-order chi connectivity index (χ0) is 22.7. The van der Waals surface area contributed by atoms with Crippen LogP contribution in [0.25, 0.3) is 0 Å². The number of aliphatic carboxylic acids is 1. The number of carbonyl (C=O) groups excluding carboxylic acids is 1. The fourth-order valence-electron chi connectivity index (χ4n) is 3.79. The molecule has 5 nitrogen and oxygen atoms in total. The molecule has 0 aliphatic heterocycles. The molecule has 0 rings (SSSR count). The Morgan fingerprint density at radius 1 is 0.767 bits per heavy atom. The SMILES string of the molecule is CCCCCCCCCCCCCCCC(=O)CCOC(CC(=O)O)C[N+](C)(C)C. The molecule has 30 heavy (non-hydrogen) atoms. The summed E-state index contributed by atoms with van der Waals surface area (Å²) in [4.78, 5) is 23.0. The molecule has 0 aromatic heterocycles. The molecule has 5 heteroatoms. The molecule has 0 aromatic rings. The minimum absolute atomic E-state index is 0.0113. The van der Waals surface area contributed by atoms with Gasteiger partial charge in [-0.15, -0.1) is 0 Å². The predicted octanol–water partition coefficient (Wildman–Crippen LogP) is 5.99. The molecule has 0 spiro atoms. The molecule has 0 amide bonds. The molecule has 0 saturated carbocycles. The molecule has 0 aliphatic carbocycles. The van der Waals surface area contributed by atoms with Gasteiger partial charge in [0.25, 0.3) is 0 Å². The summed E-state index contributed by atoms with van der Waals surface area (Å²) < 4.78 is 6.34. The summed E-state index contributed by atoms with van der Waals surface area (Å²) in [6.07, 6.45) is 17.6. The lowest BCUT2D eigenvalue weighted by atomic mass is 10.0. The molecule has 0 heterocycles. The number of quaternary nitrogens is 1. The largest absolute Gasteiger partial charge is 0.481 e. The number of hydrogen-bond donors (Lipinski definition) is 1. The number of ether oxygens (including phenoxy) is 1. The minimum atomic E-state index is -0.855. The molecule has 0 aliphatic rings. The highest BCUT2D eigenvalue weighted by Crippen LogP contribution is 2.13. The molecule has 0 saturated heterocycles. The van der Waals surface area contributed by atoms with Crippen molar-refractivity contribution in [2.45, 2.75) is 116 Å². The van der Waals surface area contributed by atoms with E-state index in [0.29, 0.717) is 30.5 Å². The van der Waals surface area contributed by atoms with Crippen LogP contribution in [0.4, 0.5) is 0 Å². The van der Waals surface area contributed by atoms with Crippen LogP contribution in [-0.2, 0) is 14.3 Å². The van der Waals surface area contributed by atoms with E-state index in [-0.39, 0.29) is 18.3 Å². The number of carboxylic acid groups (broad SMARTS) is 1. The molecular formula is C25H50NO4+. The normalized spacial score (nSPS) is 12.8. The van der Waals surface area contributed by atoms with Crippen LogP contribution >= 0.6 is 0 Å². The number of nitrogens with zero attached hydrogens (tertiary/aromatic N) is 1. The van der Waals surface area contributed by atoms with Gasteiger partial charge >= 0.3 is 5.97 Å². The number of rotatable bonds is 22. The number of carboxylic acids is 1. The van der Waals surface area contributed by atoms with Crippen molar-refractivity contribution in [3.63, 3.8) is 0 Å². The number of unbranched alkanes of at least 4 members (excludes halogenated alkanes) is 12. The topological polar surface area (TPSA) is 63.6 Å². The lowest BCUT2D eigenvalue weighted by Gasteiger charge is -2.28. The van der Waals surface area contributed by atoms with Crippen LogP contribution in [0.2, 0.25) is 0 Å². The Morgan fingerprint density at radius 2 is 1.23 bits per heavy atom. The van der Waals surface area contributed by atoms with Gasteiger partial charge < -0.3 is 14.3 Å². The second kappa shape index (κ2) is 18.8. The summed E-state index contributed by atoms with van der Waals surface area (Å²) in [6.45, 7) is 3.21. The summed E-state index contributed by atoms with van der Waals surface area (Å²) in [5, 5.41) is 9.02. The number of likely N-dealkylation sites (N-methyl/N-ethyl adjacent to an activating group) is 1. The van der Waals surface area contributed by atoms with E-state index >= 15 is 0 Å². The molecule has 0 radical (unpaired) electrons. The molecule has 1 atom stereocenters. The van der Waals surface area contributed by atoms with E-state index in [9.17, 15) is 9.59 Å². The second-order valence-corrected chi connectivity index (χ2v) is 9.84. The Bertz CT molecular complexity index is 431. The Hall–Kier alpha value is -0.940. The van der Waals surface area contributed by atoms with Crippen LogP contribution < -0.4 is 0 Å². The lowest BCUT2D eigenvalue weighted by Crippen LogP contribution is -2.43. The highest BCUT2D eigenvalue weighted by Gasteiger charge is 2.21. The number of carbonyl (C=O) groups is 2. The van der Waals surface area contributed by atoms with Gasteiger partial charge in [0, 0.05) is 12.8 Å². The van der Waals surface area contributed by atoms with Gasteiger partial charge in [0.2, 0.25) is 0 Å². The standard InChI is InChI=1S/C25H49NO4/c1-5-6-7-8-9-10-11-12-13-14-15-16-17-18-23(27)19-20-30-24(21-25(28)29)22-26(2,3)4/h24H,5-22H2,1-4H3/p+1. The van der Waals surface area contributed by atoms with Crippen LogP contribution in [-0.4, -0.2) is 61.7 Å². The Morgan fingerprint density at radius 3 is 1.67 bits per heavy atom. The predicted molar refractivity (Wildman–Crippen MR) is 125 cm³/mol. The monoisotopic (exact) mass is 428 g/mol. The minimum Gasteiger partial charge on any atom is -0.481 e. The van der Waals surface area contributed by atoms with Crippen LogP contribution in [0.5, 0.6) is 0 Å². The van der Waals surface area contributed by atoms with Crippen molar-refractivity contribution >= 4 is 11.8 Å². The van der Waals surface area contributed by atoms with Crippen molar-refractivity contribution in [3.8, 4) is 0 Å².